The van der Waals surface area contributed by atoms with Crippen LogP contribution in [0.3, 0.4) is 0 Å². The Kier molecular flexibility index (Phi) is 5.46. The van der Waals surface area contributed by atoms with Crippen molar-refractivity contribution >= 4 is 27.0 Å². The van der Waals surface area contributed by atoms with Gasteiger partial charge in [0.2, 0.25) is 0 Å². The first-order valence-corrected chi connectivity index (χ1v) is 10.6. The number of Topliss-reactive ketones (excluding diaryl/α,β-unsaturated/α-hetero) is 1. The van der Waals surface area contributed by atoms with E-state index in [2.05, 4.69) is 0 Å². The quantitative estimate of drug-likeness (QED) is 0.430. The molecule has 0 N–H and O–H groups in total. The normalized spacial score (nSPS) is 15.4. The predicted octanol–water partition coefficient (Wildman–Crippen LogP) is 3.24. The van der Waals surface area contributed by atoms with Crippen molar-refractivity contribution in [2.45, 2.75) is 17.7 Å². The van der Waals surface area contributed by atoms with E-state index in [1.165, 1.54) is 36.4 Å². The number of halogens is 1. The summed E-state index contributed by atoms with van der Waals surface area (Å²) in [4.78, 5) is 24.7. The Morgan fingerprint density at radius 3 is 2.29 bits per heavy atom. The van der Waals surface area contributed by atoms with Gasteiger partial charge in [-0.3, -0.25) is 14.9 Å². The number of non-ortho nitro benzene ring substituents is 1. The zero-order valence-corrected chi connectivity index (χ0v) is 16.0. The average Bonchev–Trinajstić information content (AvgIpc) is 2.67. The van der Waals surface area contributed by atoms with Gasteiger partial charge in [-0.25, -0.2) is 12.8 Å². The van der Waals surface area contributed by atoms with Crippen LogP contribution >= 0.6 is 0 Å². The Balaban J connectivity index is 1.78. The Labute approximate surface area is 161 Å². The van der Waals surface area contributed by atoms with E-state index in [0.717, 1.165) is 12.3 Å². The van der Waals surface area contributed by atoms with Gasteiger partial charge in [-0.15, -0.1) is 0 Å². The number of hydrogen-bond acceptors (Lipinski definition) is 6. The zero-order chi connectivity index (χ0) is 20.5. The SMILES string of the molecule is CS(=O)(=O)c1cc([N+](=O)[O-])ccc1N1CCC(C(=O)c2ccc(F)cc2)CC1. The van der Waals surface area contributed by atoms with Crippen LogP contribution in [0.2, 0.25) is 0 Å². The summed E-state index contributed by atoms with van der Waals surface area (Å²) in [7, 11) is -3.66. The number of anilines is 1. The summed E-state index contributed by atoms with van der Waals surface area (Å²) in [5.74, 6) is -0.703. The molecular weight excluding hydrogens is 387 g/mol. The molecule has 2 aromatic carbocycles. The molecule has 7 nitrogen and oxygen atoms in total. The predicted molar refractivity (Wildman–Crippen MR) is 102 cm³/mol. The molecule has 0 spiro atoms. The monoisotopic (exact) mass is 406 g/mol. The molecule has 9 heteroatoms. The second kappa shape index (κ2) is 7.67. The molecule has 1 aliphatic heterocycles. The van der Waals surface area contributed by atoms with E-state index < -0.39 is 20.6 Å². The molecule has 0 atom stereocenters. The van der Waals surface area contributed by atoms with Gasteiger partial charge in [0, 0.05) is 43.0 Å². The second-order valence-corrected chi connectivity index (χ2v) is 8.80. The van der Waals surface area contributed by atoms with Gasteiger partial charge in [0.25, 0.3) is 5.69 Å². The fraction of sp³-hybridized carbons (Fsp3) is 0.316. The van der Waals surface area contributed by atoms with Crippen LogP contribution in [0.5, 0.6) is 0 Å². The Hall–Kier alpha value is -2.81. The van der Waals surface area contributed by atoms with E-state index in [1.807, 2.05) is 4.90 Å². The number of nitrogens with zero attached hydrogens (tertiary/aromatic N) is 2. The van der Waals surface area contributed by atoms with Gasteiger partial charge in [-0.2, -0.15) is 0 Å². The van der Waals surface area contributed by atoms with Gasteiger partial charge in [0.15, 0.2) is 15.6 Å². The lowest BCUT2D eigenvalue weighted by Gasteiger charge is -2.34. The molecule has 0 unspecified atom stereocenters. The van der Waals surface area contributed by atoms with Crippen LogP contribution in [0.1, 0.15) is 23.2 Å². The Morgan fingerprint density at radius 2 is 1.75 bits per heavy atom. The third-order valence-electron chi connectivity index (χ3n) is 4.89. The molecule has 0 aliphatic carbocycles. The van der Waals surface area contributed by atoms with E-state index in [9.17, 15) is 27.7 Å². The van der Waals surface area contributed by atoms with Gasteiger partial charge in [-0.1, -0.05) is 0 Å². The van der Waals surface area contributed by atoms with Crippen LogP contribution in [-0.4, -0.2) is 38.5 Å². The summed E-state index contributed by atoms with van der Waals surface area (Å²) in [6.07, 6.45) is 2.03. The van der Waals surface area contributed by atoms with E-state index in [-0.39, 0.29) is 22.3 Å². The topological polar surface area (TPSA) is 97.6 Å². The summed E-state index contributed by atoms with van der Waals surface area (Å²) in [5.41, 5.74) is 0.568. The van der Waals surface area contributed by atoms with Gasteiger partial charge in [0.05, 0.1) is 15.5 Å². The van der Waals surface area contributed by atoms with Crippen molar-refractivity contribution in [2.75, 3.05) is 24.2 Å². The zero-order valence-electron chi connectivity index (χ0n) is 15.2. The first kappa shape index (κ1) is 19.9. The molecule has 0 amide bonds. The molecule has 1 saturated heterocycles. The Morgan fingerprint density at radius 1 is 1.14 bits per heavy atom. The molecule has 148 valence electrons. The van der Waals surface area contributed by atoms with E-state index in [4.69, 9.17) is 0 Å². The van der Waals surface area contributed by atoms with Gasteiger partial charge >= 0.3 is 0 Å². The summed E-state index contributed by atoms with van der Waals surface area (Å²) < 4.78 is 37.3. The molecule has 0 bridgehead atoms. The standard InChI is InChI=1S/C19H19FN2O5S/c1-28(26,27)18-12-16(22(24)25)6-7-17(18)21-10-8-14(9-11-21)19(23)13-2-4-15(20)5-3-13/h2-7,12,14H,8-11H2,1H3. The minimum absolute atomic E-state index is 0.0633. The first-order chi connectivity index (χ1) is 13.2. The average molecular weight is 406 g/mol. The number of sulfone groups is 1. The lowest BCUT2D eigenvalue weighted by Crippen LogP contribution is -2.37. The summed E-state index contributed by atoms with van der Waals surface area (Å²) in [6, 6.07) is 9.20. The number of carbonyl (C=O) groups is 1. The van der Waals surface area contributed by atoms with Gasteiger partial charge in [0.1, 0.15) is 5.82 Å². The molecule has 1 fully saturated rings. The Bertz CT molecular complexity index is 1010. The highest BCUT2D eigenvalue weighted by Crippen LogP contribution is 2.33. The third-order valence-corrected chi connectivity index (χ3v) is 6.01. The van der Waals surface area contributed by atoms with E-state index >= 15 is 0 Å². The van der Waals surface area contributed by atoms with Crippen LogP contribution in [0.25, 0.3) is 0 Å². The van der Waals surface area contributed by atoms with Crippen LogP contribution in [0.15, 0.2) is 47.4 Å². The molecule has 28 heavy (non-hydrogen) atoms. The molecular formula is C19H19FN2O5S. The highest BCUT2D eigenvalue weighted by atomic mass is 32.2. The number of rotatable bonds is 5. The summed E-state index contributed by atoms with van der Waals surface area (Å²) >= 11 is 0. The van der Waals surface area contributed by atoms with Crippen molar-refractivity contribution in [2.24, 2.45) is 5.92 Å². The molecule has 0 saturated carbocycles. The lowest BCUT2D eigenvalue weighted by atomic mass is 9.88. The van der Waals surface area contributed by atoms with E-state index in [1.54, 1.807) is 0 Å². The maximum Gasteiger partial charge on any atom is 0.270 e. The minimum Gasteiger partial charge on any atom is -0.370 e. The summed E-state index contributed by atoms with van der Waals surface area (Å²) in [5, 5.41) is 11.0. The third kappa shape index (κ3) is 4.19. The summed E-state index contributed by atoms with van der Waals surface area (Å²) in [6.45, 7) is 0.885. The highest BCUT2D eigenvalue weighted by Gasteiger charge is 2.29. The van der Waals surface area contributed by atoms with Crippen LogP contribution < -0.4 is 4.90 Å². The number of piperidine rings is 1. The lowest BCUT2D eigenvalue weighted by molar-refractivity contribution is -0.385. The molecule has 3 rings (SSSR count). The molecule has 0 aromatic heterocycles. The van der Waals surface area contributed by atoms with Gasteiger partial charge < -0.3 is 4.90 Å². The fourth-order valence-corrected chi connectivity index (χ4v) is 4.32. The molecule has 2 aromatic rings. The number of carbonyl (C=O) groups excluding carboxylic acids is 1. The maximum absolute atomic E-state index is 13.0. The largest absolute Gasteiger partial charge is 0.370 e. The van der Waals surface area contributed by atoms with Crippen molar-refractivity contribution < 1.29 is 22.5 Å². The maximum atomic E-state index is 13.0. The van der Waals surface area contributed by atoms with Crippen molar-refractivity contribution in [3.05, 3.63) is 64.0 Å². The highest BCUT2D eigenvalue weighted by molar-refractivity contribution is 7.90. The van der Waals surface area contributed by atoms with Crippen LogP contribution in [-0.2, 0) is 9.84 Å². The minimum atomic E-state index is -3.66. The first-order valence-electron chi connectivity index (χ1n) is 8.70. The van der Waals surface area contributed by atoms with Crippen LogP contribution in [0, 0.1) is 21.8 Å². The van der Waals surface area contributed by atoms with Crippen molar-refractivity contribution in [3.63, 3.8) is 0 Å². The van der Waals surface area contributed by atoms with Crippen LogP contribution in [0.4, 0.5) is 15.8 Å². The van der Waals surface area contributed by atoms with Gasteiger partial charge in [-0.05, 0) is 43.2 Å². The molecule has 1 heterocycles. The molecule has 1 aliphatic rings. The molecule has 0 radical (unpaired) electrons. The number of nitro groups is 1. The number of hydrogen-bond donors (Lipinski definition) is 0. The number of benzene rings is 2. The fourth-order valence-electron chi connectivity index (χ4n) is 3.41. The number of nitro benzene ring substituents is 1. The van der Waals surface area contributed by atoms with Crippen molar-refractivity contribution in [3.8, 4) is 0 Å². The number of ketones is 1. The smallest absolute Gasteiger partial charge is 0.270 e. The second-order valence-electron chi connectivity index (χ2n) is 6.81. The van der Waals surface area contributed by atoms with Crippen molar-refractivity contribution in [1.29, 1.82) is 0 Å². The van der Waals surface area contributed by atoms with Crippen molar-refractivity contribution in [1.82, 2.24) is 0 Å². The van der Waals surface area contributed by atoms with E-state index in [0.29, 0.717) is 37.2 Å².